The fourth-order valence-electron chi connectivity index (χ4n) is 2.20. The smallest absolute Gasteiger partial charge is 0.230 e. The average molecular weight is 248 g/mol. The van der Waals surface area contributed by atoms with Crippen molar-refractivity contribution in [1.29, 1.82) is 0 Å². The Labute approximate surface area is 110 Å². The number of carbonyl (C=O) groups is 1. The van der Waals surface area contributed by atoms with E-state index in [4.69, 9.17) is 5.73 Å². The van der Waals surface area contributed by atoms with Gasteiger partial charge in [0.25, 0.3) is 0 Å². The first-order valence-electron chi connectivity index (χ1n) is 6.67. The van der Waals surface area contributed by atoms with E-state index in [0.717, 1.165) is 12.0 Å². The van der Waals surface area contributed by atoms with E-state index in [-0.39, 0.29) is 17.9 Å². The zero-order valence-electron chi connectivity index (χ0n) is 11.6. The predicted octanol–water partition coefficient (Wildman–Crippen LogP) is 2.38. The summed E-state index contributed by atoms with van der Waals surface area (Å²) >= 11 is 0. The van der Waals surface area contributed by atoms with Crippen molar-refractivity contribution in [1.82, 2.24) is 4.90 Å². The second-order valence-corrected chi connectivity index (χ2v) is 4.79. The lowest BCUT2D eigenvalue weighted by Gasteiger charge is -2.30. The highest BCUT2D eigenvalue weighted by Crippen LogP contribution is 2.22. The van der Waals surface area contributed by atoms with Crippen LogP contribution in [0, 0.1) is 0 Å². The molecule has 1 rings (SSSR count). The molecule has 2 N–H and O–H groups in total. The zero-order chi connectivity index (χ0) is 13.5. The van der Waals surface area contributed by atoms with E-state index in [1.165, 1.54) is 0 Å². The SMILES string of the molecule is CCC(C(=O)N(CCN)C(C)C)c1ccccc1. The number of hydrogen-bond acceptors (Lipinski definition) is 2. The Morgan fingerprint density at radius 2 is 1.89 bits per heavy atom. The van der Waals surface area contributed by atoms with E-state index in [2.05, 4.69) is 6.92 Å². The number of nitrogens with zero attached hydrogens (tertiary/aromatic N) is 1. The highest BCUT2D eigenvalue weighted by molar-refractivity contribution is 5.84. The van der Waals surface area contributed by atoms with E-state index in [0.29, 0.717) is 13.1 Å². The Morgan fingerprint density at radius 3 is 2.33 bits per heavy atom. The molecular formula is C15H24N2O. The summed E-state index contributed by atoms with van der Waals surface area (Å²) in [5, 5.41) is 0. The van der Waals surface area contributed by atoms with Crippen molar-refractivity contribution >= 4 is 5.91 Å². The number of rotatable bonds is 6. The summed E-state index contributed by atoms with van der Waals surface area (Å²) in [7, 11) is 0. The van der Waals surface area contributed by atoms with Gasteiger partial charge in [-0.3, -0.25) is 4.79 Å². The first-order chi connectivity index (χ1) is 8.61. The number of nitrogens with two attached hydrogens (primary N) is 1. The number of amides is 1. The van der Waals surface area contributed by atoms with Crippen LogP contribution < -0.4 is 5.73 Å². The van der Waals surface area contributed by atoms with Crippen LogP contribution in [-0.2, 0) is 4.79 Å². The third-order valence-corrected chi connectivity index (χ3v) is 3.18. The second kappa shape index (κ2) is 7.17. The number of hydrogen-bond donors (Lipinski definition) is 1. The maximum atomic E-state index is 12.6. The minimum absolute atomic E-state index is 0.0554. The van der Waals surface area contributed by atoms with E-state index in [1.54, 1.807) is 0 Å². The maximum absolute atomic E-state index is 12.6. The molecule has 3 heteroatoms. The fraction of sp³-hybridized carbons (Fsp3) is 0.533. The van der Waals surface area contributed by atoms with Gasteiger partial charge in [-0.05, 0) is 25.8 Å². The highest BCUT2D eigenvalue weighted by Gasteiger charge is 2.25. The molecule has 0 saturated carbocycles. The molecule has 0 saturated heterocycles. The summed E-state index contributed by atoms with van der Waals surface area (Å²) in [6, 6.07) is 10.2. The third kappa shape index (κ3) is 3.57. The molecule has 1 unspecified atom stereocenters. The first kappa shape index (κ1) is 14.7. The Hall–Kier alpha value is -1.35. The van der Waals surface area contributed by atoms with Crippen LogP contribution in [0.1, 0.15) is 38.7 Å². The van der Waals surface area contributed by atoms with Crippen LogP contribution in [0.25, 0.3) is 0 Å². The van der Waals surface area contributed by atoms with Gasteiger partial charge in [0.2, 0.25) is 5.91 Å². The monoisotopic (exact) mass is 248 g/mol. The standard InChI is InChI=1S/C15H24N2O/c1-4-14(13-8-6-5-7-9-13)15(18)17(11-10-16)12(2)3/h5-9,12,14H,4,10-11,16H2,1-3H3. The molecule has 0 spiro atoms. The van der Waals surface area contributed by atoms with Crippen molar-refractivity contribution in [2.45, 2.75) is 39.2 Å². The van der Waals surface area contributed by atoms with Gasteiger partial charge in [0.05, 0.1) is 5.92 Å². The molecule has 100 valence electrons. The summed E-state index contributed by atoms with van der Waals surface area (Å²) in [6.45, 7) is 7.25. The van der Waals surface area contributed by atoms with Crippen molar-refractivity contribution in [2.24, 2.45) is 5.73 Å². The fourth-order valence-corrected chi connectivity index (χ4v) is 2.20. The molecule has 0 bridgehead atoms. The van der Waals surface area contributed by atoms with Gasteiger partial charge in [0.1, 0.15) is 0 Å². The summed E-state index contributed by atoms with van der Waals surface area (Å²) < 4.78 is 0. The van der Waals surface area contributed by atoms with Crippen molar-refractivity contribution in [3.63, 3.8) is 0 Å². The summed E-state index contributed by atoms with van der Waals surface area (Å²) in [4.78, 5) is 14.5. The Morgan fingerprint density at radius 1 is 1.28 bits per heavy atom. The molecule has 3 nitrogen and oxygen atoms in total. The van der Waals surface area contributed by atoms with Gasteiger partial charge >= 0.3 is 0 Å². The average Bonchev–Trinajstić information content (AvgIpc) is 2.37. The van der Waals surface area contributed by atoms with E-state index in [9.17, 15) is 4.79 Å². The molecule has 1 aromatic carbocycles. The quantitative estimate of drug-likeness (QED) is 0.840. The summed E-state index contributed by atoms with van der Waals surface area (Å²) in [6.07, 6.45) is 0.816. The van der Waals surface area contributed by atoms with Gasteiger partial charge in [-0.1, -0.05) is 37.3 Å². The van der Waals surface area contributed by atoms with Gasteiger partial charge in [-0.25, -0.2) is 0 Å². The molecule has 0 radical (unpaired) electrons. The van der Waals surface area contributed by atoms with E-state index in [1.807, 2.05) is 49.1 Å². The molecule has 0 aromatic heterocycles. The summed E-state index contributed by atoms with van der Waals surface area (Å²) in [5.41, 5.74) is 6.68. The highest BCUT2D eigenvalue weighted by atomic mass is 16.2. The largest absolute Gasteiger partial charge is 0.338 e. The van der Waals surface area contributed by atoms with Gasteiger partial charge in [0, 0.05) is 19.1 Å². The molecule has 0 fully saturated rings. The van der Waals surface area contributed by atoms with Crippen molar-refractivity contribution in [2.75, 3.05) is 13.1 Å². The Balaban J connectivity index is 2.90. The van der Waals surface area contributed by atoms with Crippen LogP contribution in [0.4, 0.5) is 0 Å². The minimum atomic E-state index is -0.0554. The van der Waals surface area contributed by atoms with Crippen LogP contribution >= 0.6 is 0 Å². The van der Waals surface area contributed by atoms with Crippen LogP contribution in [0.15, 0.2) is 30.3 Å². The minimum Gasteiger partial charge on any atom is -0.338 e. The van der Waals surface area contributed by atoms with Crippen molar-refractivity contribution in [3.8, 4) is 0 Å². The molecule has 1 atom stereocenters. The van der Waals surface area contributed by atoms with Gasteiger partial charge < -0.3 is 10.6 Å². The van der Waals surface area contributed by atoms with E-state index < -0.39 is 0 Å². The van der Waals surface area contributed by atoms with Crippen LogP contribution in [0.2, 0.25) is 0 Å². The lowest BCUT2D eigenvalue weighted by Crippen LogP contribution is -2.42. The van der Waals surface area contributed by atoms with Crippen molar-refractivity contribution < 1.29 is 4.79 Å². The molecule has 0 aliphatic heterocycles. The lowest BCUT2D eigenvalue weighted by atomic mass is 9.94. The molecule has 0 aliphatic rings. The second-order valence-electron chi connectivity index (χ2n) is 4.79. The third-order valence-electron chi connectivity index (χ3n) is 3.18. The topological polar surface area (TPSA) is 46.3 Å². The van der Waals surface area contributed by atoms with Gasteiger partial charge in [-0.2, -0.15) is 0 Å². The number of benzene rings is 1. The van der Waals surface area contributed by atoms with Crippen molar-refractivity contribution in [3.05, 3.63) is 35.9 Å². The molecular weight excluding hydrogens is 224 g/mol. The maximum Gasteiger partial charge on any atom is 0.230 e. The van der Waals surface area contributed by atoms with Gasteiger partial charge in [-0.15, -0.1) is 0 Å². The molecule has 1 aromatic rings. The molecule has 18 heavy (non-hydrogen) atoms. The number of carbonyl (C=O) groups excluding carboxylic acids is 1. The van der Waals surface area contributed by atoms with Crippen LogP contribution in [0.5, 0.6) is 0 Å². The molecule has 1 amide bonds. The first-order valence-corrected chi connectivity index (χ1v) is 6.67. The lowest BCUT2D eigenvalue weighted by molar-refractivity contribution is -0.134. The molecule has 0 heterocycles. The van der Waals surface area contributed by atoms with Crippen LogP contribution in [-0.4, -0.2) is 29.9 Å². The van der Waals surface area contributed by atoms with E-state index >= 15 is 0 Å². The normalized spacial score (nSPS) is 12.5. The van der Waals surface area contributed by atoms with Gasteiger partial charge in [0.15, 0.2) is 0 Å². The Kier molecular flexibility index (Phi) is 5.86. The van der Waals surface area contributed by atoms with Crippen LogP contribution in [0.3, 0.4) is 0 Å². The Bertz CT molecular complexity index is 362. The predicted molar refractivity (Wildman–Crippen MR) is 75.4 cm³/mol. The molecule has 0 aliphatic carbocycles. The summed E-state index contributed by atoms with van der Waals surface area (Å²) in [5.74, 6) is 0.129. The zero-order valence-corrected chi connectivity index (χ0v) is 11.6.